The van der Waals surface area contributed by atoms with Gasteiger partial charge in [0, 0.05) is 11.6 Å². The topological polar surface area (TPSA) is 15.3 Å². The molecule has 0 amide bonds. The second-order valence-corrected chi connectivity index (χ2v) is 5.53. The summed E-state index contributed by atoms with van der Waals surface area (Å²) in [6.07, 6.45) is 5.45. The van der Waals surface area contributed by atoms with Gasteiger partial charge in [0.2, 0.25) is 0 Å². The zero-order chi connectivity index (χ0) is 10.6. The van der Waals surface area contributed by atoms with E-state index in [1.54, 1.807) is 0 Å². The second-order valence-electron chi connectivity index (χ2n) is 5.53. The van der Waals surface area contributed by atoms with E-state index in [9.17, 15) is 0 Å². The largest absolute Gasteiger partial charge is 0.314 e. The molecule has 1 rings (SSSR count). The van der Waals surface area contributed by atoms with E-state index >= 15 is 0 Å². The van der Waals surface area contributed by atoms with E-state index in [1.165, 1.54) is 38.8 Å². The van der Waals surface area contributed by atoms with Crippen molar-refractivity contribution < 1.29 is 0 Å². The Labute approximate surface area is 89.1 Å². The summed E-state index contributed by atoms with van der Waals surface area (Å²) in [6, 6.07) is 0.772. The molecule has 1 heterocycles. The Bertz CT molecular complexity index is 154. The van der Waals surface area contributed by atoms with Crippen LogP contribution in [0.5, 0.6) is 0 Å². The van der Waals surface area contributed by atoms with Gasteiger partial charge >= 0.3 is 0 Å². The van der Waals surface area contributed by atoms with Crippen molar-refractivity contribution in [1.82, 2.24) is 10.2 Å². The summed E-state index contributed by atoms with van der Waals surface area (Å²) in [6.45, 7) is 9.27. The number of hydrogen-bond acceptors (Lipinski definition) is 2. The summed E-state index contributed by atoms with van der Waals surface area (Å²) >= 11 is 0. The molecule has 0 bridgehead atoms. The first kappa shape index (κ1) is 12.0. The Morgan fingerprint density at radius 1 is 1.29 bits per heavy atom. The van der Waals surface area contributed by atoms with E-state index < -0.39 is 0 Å². The maximum Gasteiger partial charge on any atom is 0.0122 e. The molecule has 1 unspecified atom stereocenters. The van der Waals surface area contributed by atoms with Crippen LogP contribution in [0.4, 0.5) is 0 Å². The molecule has 84 valence electrons. The van der Waals surface area contributed by atoms with Crippen LogP contribution in [0, 0.1) is 0 Å². The Kier molecular flexibility index (Phi) is 4.39. The van der Waals surface area contributed by atoms with Gasteiger partial charge in [-0.3, -0.25) is 0 Å². The van der Waals surface area contributed by atoms with Crippen molar-refractivity contribution in [2.24, 2.45) is 0 Å². The Balaban J connectivity index is 2.19. The monoisotopic (exact) mass is 198 g/mol. The van der Waals surface area contributed by atoms with Crippen molar-refractivity contribution in [3.8, 4) is 0 Å². The van der Waals surface area contributed by atoms with Crippen molar-refractivity contribution in [3.05, 3.63) is 0 Å². The standard InChI is InChI=1S/C12H26N2/c1-12(2,3)14(4)10-8-11-7-5-6-9-13-11/h11,13H,5-10H2,1-4H3. The van der Waals surface area contributed by atoms with Gasteiger partial charge in [0.15, 0.2) is 0 Å². The van der Waals surface area contributed by atoms with Crippen LogP contribution < -0.4 is 5.32 Å². The fourth-order valence-corrected chi connectivity index (χ4v) is 1.86. The molecule has 0 saturated carbocycles. The molecule has 2 heteroatoms. The SMILES string of the molecule is CN(CCC1CCCCN1)C(C)(C)C. The minimum Gasteiger partial charge on any atom is -0.314 e. The van der Waals surface area contributed by atoms with Gasteiger partial charge in [0.25, 0.3) is 0 Å². The zero-order valence-electron chi connectivity index (χ0n) is 10.3. The van der Waals surface area contributed by atoms with E-state index in [0.717, 1.165) is 6.04 Å². The summed E-state index contributed by atoms with van der Waals surface area (Å²) < 4.78 is 0. The van der Waals surface area contributed by atoms with Crippen molar-refractivity contribution in [2.45, 2.75) is 58.0 Å². The molecule has 0 aromatic rings. The van der Waals surface area contributed by atoms with Gasteiger partial charge in [-0.05, 0) is 60.2 Å². The zero-order valence-corrected chi connectivity index (χ0v) is 10.3. The Morgan fingerprint density at radius 2 is 2.00 bits per heavy atom. The predicted molar refractivity (Wildman–Crippen MR) is 62.6 cm³/mol. The number of nitrogens with zero attached hydrogens (tertiary/aromatic N) is 1. The van der Waals surface area contributed by atoms with Crippen molar-refractivity contribution >= 4 is 0 Å². The highest BCUT2D eigenvalue weighted by Gasteiger charge is 2.19. The summed E-state index contributed by atoms with van der Waals surface area (Å²) in [5.74, 6) is 0. The molecule has 0 aliphatic carbocycles. The third-order valence-corrected chi connectivity index (χ3v) is 3.37. The summed E-state index contributed by atoms with van der Waals surface area (Å²) in [7, 11) is 2.23. The quantitative estimate of drug-likeness (QED) is 0.748. The molecule has 1 fully saturated rings. The molecule has 1 aliphatic rings. The maximum atomic E-state index is 3.60. The molecular weight excluding hydrogens is 172 g/mol. The summed E-state index contributed by atoms with van der Waals surface area (Å²) in [5.41, 5.74) is 0.314. The van der Waals surface area contributed by atoms with Crippen LogP contribution in [0.3, 0.4) is 0 Å². The lowest BCUT2D eigenvalue weighted by molar-refractivity contribution is 0.164. The molecule has 0 spiro atoms. The third kappa shape index (κ3) is 3.97. The molecule has 0 aromatic carbocycles. The van der Waals surface area contributed by atoms with Gasteiger partial charge in [-0.1, -0.05) is 6.42 Å². The second kappa shape index (κ2) is 5.13. The van der Waals surface area contributed by atoms with E-state index in [2.05, 4.69) is 38.0 Å². The normalized spacial score (nSPS) is 24.2. The third-order valence-electron chi connectivity index (χ3n) is 3.37. The van der Waals surface area contributed by atoms with Crippen molar-refractivity contribution in [3.63, 3.8) is 0 Å². The first-order valence-electron chi connectivity index (χ1n) is 5.95. The van der Waals surface area contributed by atoms with Crippen LogP contribution in [0.1, 0.15) is 46.5 Å². The van der Waals surface area contributed by atoms with Crippen LogP contribution in [0.25, 0.3) is 0 Å². The van der Waals surface area contributed by atoms with Crippen LogP contribution >= 0.6 is 0 Å². The molecule has 14 heavy (non-hydrogen) atoms. The van der Waals surface area contributed by atoms with Crippen molar-refractivity contribution in [2.75, 3.05) is 20.1 Å². The van der Waals surface area contributed by atoms with Crippen LogP contribution in [0.15, 0.2) is 0 Å². The van der Waals surface area contributed by atoms with E-state index in [-0.39, 0.29) is 0 Å². The molecule has 0 aromatic heterocycles. The summed E-state index contributed by atoms with van der Waals surface area (Å²) in [5, 5.41) is 3.60. The minimum atomic E-state index is 0.314. The fraction of sp³-hybridized carbons (Fsp3) is 1.00. The highest BCUT2D eigenvalue weighted by atomic mass is 15.2. The van der Waals surface area contributed by atoms with Gasteiger partial charge in [-0.25, -0.2) is 0 Å². The minimum absolute atomic E-state index is 0.314. The number of nitrogens with one attached hydrogen (secondary N) is 1. The molecule has 2 nitrogen and oxygen atoms in total. The van der Waals surface area contributed by atoms with Crippen LogP contribution in [-0.2, 0) is 0 Å². The lowest BCUT2D eigenvalue weighted by Gasteiger charge is -2.34. The maximum absolute atomic E-state index is 3.60. The Morgan fingerprint density at radius 3 is 2.50 bits per heavy atom. The lowest BCUT2D eigenvalue weighted by atomic mass is 10.0. The van der Waals surface area contributed by atoms with Gasteiger partial charge in [0.05, 0.1) is 0 Å². The van der Waals surface area contributed by atoms with Crippen LogP contribution in [0.2, 0.25) is 0 Å². The van der Waals surface area contributed by atoms with E-state index in [0.29, 0.717) is 5.54 Å². The van der Waals surface area contributed by atoms with Gasteiger partial charge < -0.3 is 10.2 Å². The predicted octanol–water partition coefficient (Wildman–Crippen LogP) is 2.25. The highest BCUT2D eigenvalue weighted by Crippen LogP contribution is 2.14. The first-order chi connectivity index (χ1) is 6.50. The van der Waals surface area contributed by atoms with Gasteiger partial charge in [-0.2, -0.15) is 0 Å². The van der Waals surface area contributed by atoms with Gasteiger partial charge in [-0.15, -0.1) is 0 Å². The first-order valence-corrected chi connectivity index (χ1v) is 5.95. The van der Waals surface area contributed by atoms with E-state index in [4.69, 9.17) is 0 Å². The Hall–Kier alpha value is -0.0800. The number of hydrogen-bond donors (Lipinski definition) is 1. The van der Waals surface area contributed by atoms with Crippen molar-refractivity contribution in [1.29, 1.82) is 0 Å². The molecular formula is C12H26N2. The number of piperidine rings is 1. The lowest BCUT2D eigenvalue weighted by Crippen LogP contribution is -2.42. The fourth-order valence-electron chi connectivity index (χ4n) is 1.86. The van der Waals surface area contributed by atoms with Gasteiger partial charge in [0.1, 0.15) is 0 Å². The van der Waals surface area contributed by atoms with Crippen LogP contribution in [-0.4, -0.2) is 36.6 Å². The summed E-state index contributed by atoms with van der Waals surface area (Å²) in [4.78, 5) is 2.45. The van der Waals surface area contributed by atoms with E-state index in [1.807, 2.05) is 0 Å². The molecule has 1 saturated heterocycles. The molecule has 1 aliphatic heterocycles. The number of rotatable bonds is 3. The molecule has 1 atom stereocenters. The average molecular weight is 198 g/mol. The molecule has 1 N–H and O–H groups in total. The molecule has 0 radical (unpaired) electrons. The highest BCUT2D eigenvalue weighted by molar-refractivity contribution is 4.77. The smallest absolute Gasteiger partial charge is 0.0122 e. The average Bonchev–Trinajstić information content (AvgIpc) is 2.14.